The van der Waals surface area contributed by atoms with Gasteiger partial charge in [-0.1, -0.05) is 19.1 Å². The minimum absolute atomic E-state index is 0.134. The third kappa shape index (κ3) is 5.65. The zero-order valence-electron chi connectivity index (χ0n) is 20.2. The summed E-state index contributed by atoms with van der Waals surface area (Å²) in [5.41, 5.74) is 8.76. The highest BCUT2D eigenvalue weighted by Crippen LogP contribution is 2.42. The van der Waals surface area contributed by atoms with Gasteiger partial charge < -0.3 is 24.9 Å². The number of rotatable bonds is 10. The minimum Gasteiger partial charge on any atom is -0.487 e. The number of nitrogens with one attached hydrogen (secondary N) is 1. The molecule has 0 aliphatic heterocycles. The first kappa shape index (κ1) is 25.0. The van der Waals surface area contributed by atoms with Gasteiger partial charge in [0, 0.05) is 14.0 Å². The van der Waals surface area contributed by atoms with Crippen molar-refractivity contribution in [3.05, 3.63) is 52.7 Å². The van der Waals surface area contributed by atoms with E-state index in [9.17, 15) is 9.18 Å². The average Bonchev–Trinajstić information content (AvgIpc) is 3.20. The first-order valence-electron chi connectivity index (χ1n) is 11.1. The molecule has 9 heteroatoms. The number of halogens is 1. The number of benzene rings is 2. The van der Waals surface area contributed by atoms with Crippen molar-refractivity contribution in [1.82, 2.24) is 10.3 Å². The van der Waals surface area contributed by atoms with Crippen molar-refractivity contribution in [2.75, 3.05) is 26.8 Å². The molecule has 2 aromatic carbocycles. The second-order valence-corrected chi connectivity index (χ2v) is 8.10. The number of ketones is 1. The maximum Gasteiger partial charge on any atom is 0.207 e. The van der Waals surface area contributed by atoms with Crippen LogP contribution in [0.3, 0.4) is 0 Å². The fourth-order valence-corrected chi connectivity index (χ4v) is 3.74. The third-order valence-corrected chi connectivity index (χ3v) is 5.59. The number of nitrogens with two attached hydrogens (primary N) is 1. The number of Topliss-reactive ketones (excluding diaryl/α,β-unsaturated/α-hetero) is 1. The summed E-state index contributed by atoms with van der Waals surface area (Å²) in [5.74, 6) is 1.11. The van der Waals surface area contributed by atoms with Crippen LogP contribution in [0.15, 0.2) is 33.7 Å². The maximum absolute atomic E-state index is 13.2. The number of hydrogen-bond acceptors (Lipinski definition) is 6. The fraction of sp³-hybridized carbons (Fsp3) is 0.400. The predicted octanol–water partition coefficient (Wildman–Crippen LogP) is 4.27. The van der Waals surface area contributed by atoms with Crippen LogP contribution in [0.4, 0.5) is 4.39 Å². The summed E-state index contributed by atoms with van der Waals surface area (Å²) in [6.45, 7) is 8.01. The van der Waals surface area contributed by atoms with Crippen LogP contribution in [-0.4, -0.2) is 43.5 Å². The van der Waals surface area contributed by atoms with Gasteiger partial charge in [-0.3, -0.25) is 9.79 Å². The number of guanidine groups is 1. The lowest BCUT2D eigenvalue weighted by atomic mass is 9.98. The Morgan fingerprint density at radius 1 is 1.21 bits per heavy atom. The van der Waals surface area contributed by atoms with Crippen molar-refractivity contribution in [2.24, 2.45) is 10.7 Å². The van der Waals surface area contributed by atoms with E-state index in [1.165, 1.54) is 19.1 Å². The average molecular weight is 471 g/mol. The third-order valence-electron chi connectivity index (χ3n) is 5.59. The fourth-order valence-electron chi connectivity index (χ4n) is 3.74. The molecule has 0 saturated carbocycles. The van der Waals surface area contributed by atoms with Gasteiger partial charge in [-0.2, -0.15) is 0 Å². The molecule has 1 heterocycles. The van der Waals surface area contributed by atoms with Crippen molar-refractivity contribution in [1.29, 1.82) is 0 Å². The number of nitrogens with zero attached hydrogens (tertiary/aromatic N) is 2. The Morgan fingerprint density at radius 2 is 1.88 bits per heavy atom. The van der Waals surface area contributed by atoms with Crippen molar-refractivity contribution in [2.45, 2.75) is 40.0 Å². The summed E-state index contributed by atoms with van der Waals surface area (Å²) in [6.07, 6.45) is 0.661. The van der Waals surface area contributed by atoms with E-state index in [1.54, 1.807) is 26.1 Å². The summed E-state index contributed by atoms with van der Waals surface area (Å²) in [4.78, 5) is 20.9. The van der Waals surface area contributed by atoms with E-state index in [0.717, 1.165) is 5.56 Å². The Kier molecular flexibility index (Phi) is 8.09. The van der Waals surface area contributed by atoms with E-state index in [1.807, 2.05) is 13.8 Å². The number of oxazole rings is 1. The van der Waals surface area contributed by atoms with Gasteiger partial charge in [-0.05, 0) is 49.4 Å². The molecule has 182 valence electrons. The van der Waals surface area contributed by atoms with E-state index in [-0.39, 0.29) is 24.1 Å². The van der Waals surface area contributed by atoms with E-state index in [4.69, 9.17) is 19.6 Å². The van der Waals surface area contributed by atoms with E-state index in [2.05, 4.69) is 15.3 Å². The largest absolute Gasteiger partial charge is 0.487 e. The zero-order valence-corrected chi connectivity index (χ0v) is 20.2. The van der Waals surface area contributed by atoms with E-state index >= 15 is 0 Å². The van der Waals surface area contributed by atoms with Gasteiger partial charge in [0.2, 0.25) is 11.3 Å². The van der Waals surface area contributed by atoms with Gasteiger partial charge >= 0.3 is 0 Å². The van der Waals surface area contributed by atoms with Gasteiger partial charge in [0.05, 0.1) is 18.7 Å². The molecule has 1 unspecified atom stereocenters. The lowest BCUT2D eigenvalue weighted by Crippen LogP contribution is -2.34. The number of carbonyl (C=O) groups excluding carboxylic acids is 1. The van der Waals surface area contributed by atoms with Crippen LogP contribution in [0.1, 0.15) is 53.6 Å². The van der Waals surface area contributed by atoms with Crippen molar-refractivity contribution in [3.8, 4) is 11.5 Å². The number of aromatic nitrogens is 1. The Labute approximate surface area is 198 Å². The molecule has 0 bridgehead atoms. The lowest BCUT2D eigenvalue weighted by molar-refractivity contribution is 0.101. The number of aliphatic imine (C=N–C) groups is 1. The zero-order chi connectivity index (χ0) is 24.8. The molecule has 0 aliphatic rings. The topological polar surface area (TPSA) is 112 Å². The molecule has 3 rings (SSSR count). The summed E-state index contributed by atoms with van der Waals surface area (Å²) >= 11 is 0. The van der Waals surface area contributed by atoms with Crippen molar-refractivity contribution < 1.29 is 23.1 Å². The highest BCUT2D eigenvalue weighted by molar-refractivity contribution is 6.05. The molecule has 0 spiro atoms. The minimum atomic E-state index is -0.269. The van der Waals surface area contributed by atoms with Crippen LogP contribution >= 0.6 is 0 Å². The number of fused-ring (bicyclic) bond motifs is 1. The number of ether oxygens (including phenoxy) is 2. The van der Waals surface area contributed by atoms with Gasteiger partial charge in [0.25, 0.3) is 0 Å². The Morgan fingerprint density at radius 3 is 2.53 bits per heavy atom. The molecule has 1 atom stereocenters. The van der Waals surface area contributed by atoms with Gasteiger partial charge in [-0.25, -0.2) is 9.37 Å². The maximum atomic E-state index is 13.2. The SMILES string of the molecule is CN=C(N)NCCOc1c(C(C)=O)c(C)c2nc(C)oc2c1OCCC(C)c1ccc(F)cc1. The first-order valence-corrected chi connectivity index (χ1v) is 11.1. The number of hydrogen-bond donors (Lipinski definition) is 2. The van der Waals surface area contributed by atoms with Crippen LogP contribution in [0.5, 0.6) is 11.5 Å². The van der Waals surface area contributed by atoms with Crippen LogP contribution < -0.4 is 20.5 Å². The monoisotopic (exact) mass is 470 g/mol. The van der Waals surface area contributed by atoms with E-state index in [0.29, 0.717) is 65.1 Å². The molecule has 1 aromatic heterocycles. The first-order chi connectivity index (χ1) is 16.2. The van der Waals surface area contributed by atoms with Gasteiger partial charge in [0.15, 0.2) is 23.4 Å². The number of carbonyl (C=O) groups is 1. The Hall–Kier alpha value is -3.62. The molecular weight excluding hydrogens is 439 g/mol. The molecule has 0 fully saturated rings. The summed E-state index contributed by atoms with van der Waals surface area (Å²) in [6, 6.07) is 6.43. The standard InChI is InChI=1S/C25H31FN4O4/c1-14(18-6-8-19(26)9-7-18)10-12-32-24-22(33-13-11-29-25(27)28-5)20(16(3)31)15(2)21-23(24)34-17(4)30-21/h6-9,14H,10-13H2,1-5H3,(H3,27,28,29). The molecule has 34 heavy (non-hydrogen) atoms. The molecule has 8 nitrogen and oxygen atoms in total. The van der Waals surface area contributed by atoms with E-state index < -0.39 is 0 Å². The Balaban J connectivity index is 1.89. The second kappa shape index (κ2) is 11.0. The van der Waals surface area contributed by atoms with Crippen LogP contribution in [0.25, 0.3) is 11.1 Å². The summed E-state index contributed by atoms with van der Waals surface area (Å²) in [7, 11) is 1.58. The Bertz CT molecular complexity index is 1190. The quantitative estimate of drug-likeness (QED) is 0.197. The van der Waals surface area contributed by atoms with Crippen molar-refractivity contribution >= 4 is 22.8 Å². The second-order valence-electron chi connectivity index (χ2n) is 8.10. The molecular formula is C25H31FN4O4. The molecule has 3 aromatic rings. The smallest absolute Gasteiger partial charge is 0.207 e. The molecule has 3 N–H and O–H groups in total. The molecule has 0 saturated heterocycles. The van der Waals surface area contributed by atoms with Gasteiger partial charge in [0.1, 0.15) is 17.9 Å². The van der Waals surface area contributed by atoms with Crippen molar-refractivity contribution in [3.63, 3.8) is 0 Å². The van der Waals surface area contributed by atoms with Gasteiger partial charge in [-0.15, -0.1) is 0 Å². The molecule has 0 radical (unpaired) electrons. The normalized spacial score (nSPS) is 12.6. The van der Waals surface area contributed by atoms with Crippen LogP contribution in [-0.2, 0) is 0 Å². The molecule has 0 aliphatic carbocycles. The molecule has 0 amide bonds. The highest BCUT2D eigenvalue weighted by Gasteiger charge is 2.26. The lowest BCUT2D eigenvalue weighted by Gasteiger charge is -2.19. The van der Waals surface area contributed by atoms with Crippen LogP contribution in [0.2, 0.25) is 0 Å². The van der Waals surface area contributed by atoms with Crippen LogP contribution in [0, 0.1) is 19.7 Å². The highest BCUT2D eigenvalue weighted by atomic mass is 19.1. The summed E-state index contributed by atoms with van der Waals surface area (Å²) < 4.78 is 31.3. The number of aryl methyl sites for hydroxylation is 2. The summed E-state index contributed by atoms with van der Waals surface area (Å²) in [5, 5.41) is 2.92. The predicted molar refractivity (Wildman–Crippen MR) is 129 cm³/mol.